The summed E-state index contributed by atoms with van der Waals surface area (Å²) in [4.78, 5) is 33.5. The topological polar surface area (TPSA) is 130 Å². The van der Waals surface area contributed by atoms with Gasteiger partial charge in [0.25, 0.3) is 0 Å². The lowest BCUT2D eigenvalue weighted by atomic mass is 10.1. The number of imidazole rings is 2. The molecule has 0 bridgehead atoms. The molecule has 11 heteroatoms. The fraction of sp³-hybridized carbons (Fsp3) is 0.0667. The van der Waals surface area contributed by atoms with Crippen LogP contribution in [0.1, 0.15) is 11.3 Å². The highest BCUT2D eigenvalue weighted by atomic mass is 19.1. The van der Waals surface area contributed by atoms with Crippen molar-refractivity contribution in [3.8, 4) is 28.5 Å². The van der Waals surface area contributed by atoms with Crippen LogP contribution in [0.15, 0.2) is 85.7 Å². The number of hydrogen-bond donors (Lipinski definition) is 3. The van der Waals surface area contributed by atoms with Crippen LogP contribution in [-0.4, -0.2) is 45.6 Å². The van der Waals surface area contributed by atoms with Crippen molar-refractivity contribution in [3.05, 3.63) is 103 Å². The van der Waals surface area contributed by atoms with Crippen LogP contribution in [0.4, 0.5) is 10.1 Å². The predicted molar refractivity (Wildman–Crippen MR) is 153 cm³/mol. The number of pyridine rings is 2. The Bertz CT molecular complexity index is 2060. The van der Waals surface area contributed by atoms with E-state index in [4.69, 9.17) is 4.98 Å². The van der Waals surface area contributed by atoms with E-state index in [9.17, 15) is 4.79 Å². The number of aryl methyl sites for hydroxylation is 1. The Labute approximate surface area is 232 Å². The van der Waals surface area contributed by atoms with Crippen molar-refractivity contribution in [2.24, 2.45) is 0 Å². The summed E-state index contributed by atoms with van der Waals surface area (Å²) in [6, 6.07) is 16.8. The fourth-order valence-corrected chi connectivity index (χ4v) is 4.86. The van der Waals surface area contributed by atoms with Gasteiger partial charge in [-0.25, -0.2) is 14.4 Å². The van der Waals surface area contributed by atoms with Crippen molar-refractivity contribution in [1.29, 1.82) is 0 Å². The van der Waals surface area contributed by atoms with Crippen LogP contribution in [0.2, 0.25) is 0 Å². The van der Waals surface area contributed by atoms with Gasteiger partial charge in [0, 0.05) is 18.0 Å². The number of aromatic nitrogens is 8. The van der Waals surface area contributed by atoms with E-state index in [0.717, 1.165) is 22.5 Å². The Morgan fingerprint density at radius 3 is 2.71 bits per heavy atom. The highest BCUT2D eigenvalue weighted by Crippen LogP contribution is 2.33. The van der Waals surface area contributed by atoms with Gasteiger partial charge >= 0.3 is 0 Å². The van der Waals surface area contributed by atoms with Crippen LogP contribution in [0, 0.1) is 12.7 Å². The van der Waals surface area contributed by atoms with Gasteiger partial charge in [-0.3, -0.25) is 19.9 Å². The van der Waals surface area contributed by atoms with Crippen molar-refractivity contribution in [2.45, 2.75) is 13.3 Å². The first-order valence-electron chi connectivity index (χ1n) is 12.9. The van der Waals surface area contributed by atoms with Crippen LogP contribution in [0.25, 0.3) is 50.4 Å². The van der Waals surface area contributed by atoms with Crippen molar-refractivity contribution in [1.82, 2.24) is 39.7 Å². The summed E-state index contributed by atoms with van der Waals surface area (Å²) in [7, 11) is 0. The number of aromatic amines is 2. The van der Waals surface area contributed by atoms with Gasteiger partial charge in [-0.05, 0) is 30.7 Å². The van der Waals surface area contributed by atoms with Crippen LogP contribution in [0.3, 0.4) is 0 Å². The Morgan fingerprint density at radius 2 is 1.88 bits per heavy atom. The molecule has 0 saturated heterocycles. The van der Waals surface area contributed by atoms with E-state index in [2.05, 4.69) is 35.5 Å². The summed E-state index contributed by atoms with van der Waals surface area (Å²) in [5.41, 5.74) is 5.77. The molecule has 0 aliphatic carbocycles. The van der Waals surface area contributed by atoms with Gasteiger partial charge in [-0.15, -0.1) is 0 Å². The summed E-state index contributed by atoms with van der Waals surface area (Å²) in [6.07, 6.45) is 8.39. The van der Waals surface area contributed by atoms with Gasteiger partial charge in [0.05, 0.1) is 58.6 Å². The summed E-state index contributed by atoms with van der Waals surface area (Å²) in [5.74, 6) is -0.371. The third-order valence-electron chi connectivity index (χ3n) is 6.75. The van der Waals surface area contributed by atoms with Crippen LogP contribution < -0.4 is 5.32 Å². The number of hydrogen-bond acceptors (Lipinski definition) is 6. The second-order valence-electron chi connectivity index (χ2n) is 9.64. The molecule has 0 unspecified atom stereocenters. The number of nitrogens with zero attached hydrogens (tertiary/aromatic N) is 6. The molecule has 10 nitrogen and oxygen atoms in total. The van der Waals surface area contributed by atoms with Gasteiger partial charge in [0.15, 0.2) is 11.6 Å². The van der Waals surface area contributed by atoms with Crippen LogP contribution in [-0.2, 0) is 11.2 Å². The number of benzene rings is 2. The van der Waals surface area contributed by atoms with E-state index < -0.39 is 5.82 Å². The summed E-state index contributed by atoms with van der Waals surface area (Å²) in [6.45, 7) is 1.92. The smallest absolute Gasteiger partial charge is 0.228 e. The first-order chi connectivity index (χ1) is 20.0. The first kappa shape index (κ1) is 24.3. The number of carbonyl (C=O) groups is 1. The maximum atomic E-state index is 16.1. The number of carbonyl (C=O) groups excluding carboxylic acids is 1. The summed E-state index contributed by atoms with van der Waals surface area (Å²) in [5, 5.41) is 10.3. The molecule has 7 aromatic rings. The number of anilines is 1. The molecule has 7 rings (SSSR count). The van der Waals surface area contributed by atoms with Gasteiger partial charge in [-0.2, -0.15) is 5.10 Å². The number of nitrogens with one attached hydrogen (secondary N) is 3. The van der Waals surface area contributed by atoms with E-state index >= 15 is 4.39 Å². The minimum Gasteiger partial charge on any atom is -0.336 e. The molecule has 200 valence electrons. The van der Waals surface area contributed by atoms with Crippen LogP contribution >= 0.6 is 0 Å². The Kier molecular flexibility index (Phi) is 5.81. The van der Waals surface area contributed by atoms with Gasteiger partial charge < -0.3 is 14.9 Å². The maximum absolute atomic E-state index is 16.1. The van der Waals surface area contributed by atoms with E-state index in [1.807, 2.05) is 66.2 Å². The number of rotatable bonds is 6. The molecule has 0 atom stereocenters. The van der Waals surface area contributed by atoms with E-state index in [0.29, 0.717) is 33.8 Å². The largest absolute Gasteiger partial charge is 0.336 e. The van der Waals surface area contributed by atoms with Crippen molar-refractivity contribution in [3.63, 3.8) is 0 Å². The molecule has 0 aliphatic heterocycles. The maximum Gasteiger partial charge on any atom is 0.228 e. The molecule has 0 radical (unpaired) electrons. The SMILES string of the molecule is Cc1cn(-c2cccc3[nH]c(-c4n[nH]c5cnc(-c6cncc(NC(=O)Cc7ccccc7)c6)c(F)c45)nc23)cn1. The number of halogens is 1. The highest BCUT2D eigenvalue weighted by molar-refractivity contribution is 5.97. The standard InChI is InChI=1S/C30H22FN9O/c1-17-15-40(16-34-17)23-9-5-8-21-28(23)37-30(36-21)29-25-22(38-39-29)14-33-27(26(25)31)19-11-20(13-32-12-19)35-24(41)10-18-6-3-2-4-7-18/h2-9,11-16H,10H2,1H3,(H,35,41)(H,36,37)(H,38,39). The molecular formula is C30H22FN9O. The van der Waals surface area contributed by atoms with Crippen LogP contribution in [0.5, 0.6) is 0 Å². The lowest BCUT2D eigenvalue weighted by Crippen LogP contribution is -2.14. The molecule has 5 heterocycles. The Hall–Kier alpha value is -5.71. The molecule has 41 heavy (non-hydrogen) atoms. The van der Waals surface area contributed by atoms with Crippen molar-refractivity contribution >= 4 is 33.5 Å². The molecule has 0 saturated carbocycles. The van der Waals surface area contributed by atoms with Gasteiger partial charge in [0.2, 0.25) is 5.91 Å². The van der Waals surface area contributed by atoms with Crippen molar-refractivity contribution < 1.29 is 9.18 Å². The first-order valence-corrected chi connectivity index (χ1v) is 12.9. The molecule has 0 spiro atoms. The fourth-order valence-electron chi connectivity index (χ4n) is 4.86. The molecular weight excluding hydrogens is 521 g/mol. The minimum absolute atomic E-state index is 0.0810. The van der Waals surface area contributed by atoms with E-state index in [1.54, 1.807) is 12.4 Å². The number of H-pyrrole nitrogens is 2. The zero-order valence-electron chi connectivity index (χ0n) is 21.8. The molecule has 0 aliphatic rings. The quantitative estimate of drug-likeness (QED) is 0.258. The predicted octanol–water partition coefficient (Wildman–Crippen LogP) is 5.38. The summed E-state index contributed by atoms with van der Waals surface area (Å²) >= 11 is 0. The molecule has 3 N–H and O–H groups in total. The molecule has 0 fully saturated rings. The Morgan fingerprint density at radius 1 is 1.00 bits per heavy atom. The normalized spacial score (nSPS) is 11.4. The average molecular weight is 544 g/mol. The Balaban J connectivity index is 1.24. The number of para-hydroxylation sites is 1. The second kappa shape index (κ2) is 9.79. The molecule has 2 aromatic carbocycles. The highest BCUT2D eigenvalue weighted by Gasteiger charge is 2.21. The second-order valence-corrected chi connectivity index (χ2v) is 9.64. The van der Waals surface area contributed by atoms with Gasteiger partial charge in [0.1, 0.15) is 16.9 Å². The number of amides is 1. The zero-order chi connectivity index (χ0) is 27.9. The number of fused-ring (bicyclic) bond motifs is 2. The monoisotopic (exact) mass is 543 g/mol. The van der Waals surface area contributed by atoms with E-state index in [1.165, 1.54) is 18.6 Å². The van der Waals surface area contributed by atoms with E-state index in [-0.39, 0.29) is 23.4 Å². The zero-order valence-corrected chi connectivity index (χ0v) is 21.8. The average Bonchev–Trinajstić information content (AvgIpc) is 3.72. The lowest BCUT2D eigenvalue weighted by Gasteiger charge is -2.08. The molecule has 5 aromatic heterocycles. The van der Waals surface area contributed by atoms with Gasteiger partial charge in [-0.1, -0.05) is 36.4 Å². The summed E-state index contributed by atoms with van der Waals surface area (Å²) < 4.78 is 18.0. The lowest BCUT2D eigenvalue weighted by molar-refractivity contribution is -0.115. The third-order valence-corrected chi connectivity index (χ3v) is 6.75. The molecule has 1 amide bonds. The third kappa shape index (κ3) is 4.48. The van der Waals surface area contributed by atoms with Crippen molar-refractivity contribution in [2.75, 3.05) is 5.32 Å². The minimum atomic E-state index is -0.577.